The average Bonchev–Trinajstić information content (AvgIpc) is 2.87. The Hall–Kier alpha value is -1.06. The molecule has 1 saturated heterocycles. The van der Waals surface area contributed by atoms with Crippen LogP contribution in [-0.4, -0.2) is 35.1 Å². The van der Waals surface area contributed by atoms with Crippen LogP contribution in [0.2, 0.25) is 5.02 Å². The number of amides is 1. The quantitative estimate of drug-likeness (QED) is 0.922. The molecule has 0 radical (unpaired) electrons. The monoisotopic (exact) mass is 281 g/mol. The van der Waals surface area contributed by atoms with Crippen molar-refractivity contribution in [1.29, 1.82) is 0 Å². The molecule has 2 rings (SSSR count). The van der Waals surface area contributed by atoms with Crippen molar-refractivity contribution in [1.82, 2.24) is 4.90 Å². The van der Waals surface area contributed by atoms with Crippen LogP contribution in [0.3, 0.4) is 0 Å². The Labute approximate surface area is 119 Å². The van der Waals surface area contributed by atoms with E-state index in [-0.39, 0.29) is 18.6 Å². The molecule has 19 heavy (non-hydrogen) atoms. The van der Waals surface area contributed by atoms with Crippen LogP contribution >= 0.6 is 11.6 Å². The van der Waals surface area contributed by atoms with Crippen molar-refractivity contribution in [2.24, 2.45) is 0 Å². The van der Waals surface area contributed by atoms with Gasteiger partial charge in [-0.3, -0.25) is 4.79 Å². The lowest BCUT2D eigenvalue weighted by Crippen LogP contribution is -2.35. The van der Waals surface area contributed by atoms with E-state index in [0.717, 1.165) is 37.8 Å². The normalized spacial score (nSPS) is 18.9. The van der Waals surface area contributed by atoms with E-state index < -0.39 is 0 Å². The van der Waals surface area contributed by atoms with Crippen LogP contribution in [0.4, 0.5) is 0 Å². The molecule has 1 aromatic carbocycles. The van der Waals surface area contributed by atoms with E-state index in [9.17, 15) is 4.79 Å². The van der Waals surface area contributed by atoms with Gasteiger partial charge in [-0.2, -0.15) is 0 Å². The molecule has 0 aromatic heterocycles. The molecule has 0 bridgehead atoms. The molecule has 1 amide bonds. The number of likely N-dealkylation sites (tertiary alicyclic amines) is 1. The predicted molar refractivity (Wildman–Crippen MR) is 76.6 cm³/mol. The van der Waals surface area contributed by atoms with Crippen molar-refractivity contribution < 1.29 is 9.90 Å². The maximum Gasteiger partial charge on any atom is 0.254 e. The lowest BCUT2D eigenvalue weighted by Gasteiger charge is -2.24. The Bertz CT molecular complexity index is 461. The number of carbonyl (C=O) groups is 1. The van der Waals surface area contributed by atoms with Crippen molar-refractivity contribution in [3.05, 3.63) is 34.3 Å². The summed E-state index contributed by atoms with van der Waals surface area (Å²) in [5, 5.41) is 9.55. The number of aliphatic hydroxyl groups is 1. The summed E-state index contributed by atoms with van der Waals surface area (Å²) in [6, 6.07) is 5.74. The molecule has 0 spiro atoms. The maximum absolute atomic E-state index is 12.5. The molecule has 1 atom stereocenters. The number of hydrogen-bond acceptors (Lipinski definition) is 2. The summed E-state index contributed by atoms with van der Waals surface area (Å²) in [7, 11) is 0. The predicted octanol–water partition coefficient (Wildman–Crippen LogP) is 3.03. The van der Waals surface area contributed by atoms with Crippen LogP contribution in [0.5, 0.6) is 0 Å². The smallest absolute Gasteiger partial charge is 0.254 e. The Kier molecular flexibility index (Phi) is 4.83. The number of rotatable bonds is 4. The minimum atomic E-state index is 0.0577. The number of aliphatic hydroxyl groups excluding tert-OH is 1. The van der Waals surface area contributed by atoms with Crippen LogP contribution < -0.4 is 0 Å². The largest absolute Gasteiger partial charge is 0.396 e. The van der Waals surface area contributed by atoms with Crippen molar-refractivity contribution >= 4 is 17.5 Å². The van der Waals surface area contributed by atoms with Crippen LogP contribution in [0.1, 0.15) is 41.6 Å². The molecule has 0 saturated carbocycles. The van der Waals surface area contributed by atoms with Gasteiger partial charge in [0.05, 0.1) is 0 Å². The van der Waals surface area contributed by atoms with E-state index in [0.29, 0.717) is 10.6 Å². The number of nitrogens with zero attached hydrogens (tertiary/aromatic N) is 1. The van der Waals surface area contributed by atoms with Gasteiger partial charge < -0.3 is 10.0 Å². The fourth-order valence-corrected chi connectivity index (χ4v) is 2.80. The van der Waals surface area contributed by atoms with E-state index in [1.54, 1.807) is 6.07 Å². The van der Waals surface area contributed by atoms with Gasteiger partial charge in [-0.25, -0.2) is 0 Å². The van der Waals surface area contributed by atoms with Crippen LogP contribution in [0.25, 0.3) is 0 Å². The summed E-state index contributed by atoms with van der Waals surface area (Å²) < 4.78 is 0. The molecule has 104 valence electrons. The summed E-state index contributed by atoms with van der Waals surface area (Å²) >= 11 is 6.08. The van der Waals surface area contributed by atoms with E-state index >= 15 is 0 Å². The van der Waals surface area contributed by atoms with Crippen LogP contribution in [0.15, 0.2) is 18.2 Å². The van der Waals surface area contributed by atoms with Crippen molar-refractivity contribution in [3.63, 3.8) is 0 Å². The Morgan fingerprint density at radius 3 is 3.00 bits per heavy atom. The molecular formula is C15H20ClNO2. The maximum atomic E-state index is 12.5. The van der Waals surface area contributed by atoms with Crippen molar-refractivity contribution in [2.75, 3.05) is 13.2 Å². The van der Waals surface area contributed by atoms with Gasteiger partial charge in [0.25, 0.3) is 5.91 Å². The average molecular weight is 282 g/mol. The second-order valence-corrected chi connectivity index (χ2v) is 5.53. The van der Waals surface area contributed by atoms with Gasteiger partial charge in [-0.1, -0.05) is 17.7 Å². The molecule has 4 heteroatoms. The Morgan fingerprint density at radius 1 is 1.53 bits per heavy atom. The first kappa shape index (κ1) is 14.4. The summed E-state index contributed by atoms with van der Waals surface area (Å²) in [5.41, 5.74) is 1.64. The molecule has 1 heterocycles. The summed E-state index contributed by atoms with van der Waals surface area (Å²) in [6.45, 7) is 2.92. The van der Waals surface area contributed by atoms with Gasteiger partial charge in [-0.15, -0.1) is 0 Å². The van der Waals surface area contributed by atoms with Gasteiger partial charge in [0, 0.05) is 29.8 Å². The van der Waals surface area contributed by atoms with E-state index in [4.69, 9.17) is 16.7 Å². The molecule has 1 aromatic rings. The van der Waals surface area contributed by atoms with Gasteiger partial charge in [-0.05, 0) is 50.3 Å². The minimum absolute atomic E-state index is 0.0577. The zero-order valence-corrected chi connectivity index (χ0v) is 12.0. The van der Waals surface area contributed by atoms with E-state index in [1.165, 1.54) is 0 Å². The number of carbonyl (C=O) groups excluding carboxylic acids is 1. The molecule has 1 fully saturated rings. The molecule has 1 N–H and O–H groups in total. The Morgan fingerprint density at radius 2 is 2.32 bits per heavy atom. The minimum Gasteiger partial charge on any atom is -0.396 e. The highest BCUT2D eigenvalue weighted by atomic mass is 35.5. The fraction of sp³-hybridized carbons (Fsp3) is 0.533. The zero-order chi connectivity index (χ0) is 13.8. The van der Waals surface area contributed by atoms with E-state index in [1.807, 2.05) is 24.0 Å². The van der Waals surface area contributed by atoms with Gasteiger partial charge in [0.15, 0.2) is 0 Å². The highest BCUT2D eigenvalue weighted by Gasteiger charge is 2.28. The first-order valence-electron chi connectivity index (χ1n) is 6.81. The second-order valence-electron chi connectivity index (χ2n) is 5.12. The molecule has 3 nitrogen and oxygen atoms in total. The third kappa shape index (κ3) is 3.28. The van der Waals surface area contributed by atoms with Gasteiger partial charge in [0.2, 0.25) is 0 Å². The number of aryl methyl sites for hydroxylation is 1. The van der Waals surface area contributed by atoms with Crippen molar-refractivity contribution in [2.45, 2.75) is 38.6 Å². The van der Waals surface area contributed by atoms with Crippen LogP contribution in [-0.2, 0) is 0 Å². The molecule has 1 aliphatic rings. The zero-order valence-electron chi connectivity index (χ0n) is 11.2. The third-order valence-corrected chi connectivity index (χ3v) is 4.16. The number of hydrogen-bond donors (Lipinski definition) is 1. The first-order valence-corrected chi connectivity index (χ1v) is 7.19. The molecule has 1 aliphatic heterocycles. The summed E-state index contributed by atoms with van der Waals surface area (Å²) in [4.78, 5) is 14.4. The standard InChI is InChI=1S/C15H20ClNO2/c1-11-6-7-12(10-14(11)16)15(19)17-8-2-4-13(17)5-3-9-18/h6-7,10,13,18H,2-5,8-9H2,1H3. The lowest BCUT2D eigenvalue weighted by atomic mass is 10.1. The second kappa shape index (κ2) is 6.40. The van der Waals surface area contributed by atoms with Crippen molar-refractivity contribution in [3.8, 4) is 0 Å². The van der Waals surface area contributed by atoms with Gasteiger partial charge >= 0.3 is 0 Å². The molecule has 0 aliphatic carbocycles. The van der Waals surface area contributed by atoms with Gasteiger partial charge in [0.1, 0.15) is 0 Å². The number of halogens is 1. The summed E-state index contributed by atoms with van der Waals surface area (Å²) in [6.07, 6.45) is 3.71. The lowest BCUT2D eigenvalue weighted by molar-refractivity contribution is 0.0724. The van der Waals surface area contributed by atoms with Crippen LogP contribution in [0, 0.1) is 6.92 Å². The Balaban J connectivity index is 2.11. The molecule has 1 unspecified atom stereocenters. The third-order valence-electron chi connectivity index (χ3n) is 3.75. The highest BCUT2D eigenvalue weighted by molar-refractivity contribution is 6.31. The molecular weight excluding hydrogens is 262 g/mol. The summed E-state index contributed by atoms with van der Waals surface area (Å²) in [5.74, 6) is 0.0577. The SMILES string of the molecule is Cc1ccc(C(=O)N2CCCC2CCCO)cc1Cl. The first-order chi connectivity index (χ1) is 9.13. The topological polar surface area (TPSA) is 40.5 Å². The number of benzene rings is 1. The van der Waals surface area contributed by atoms with E-state index in [2.05, 4.69) is 0 Å². The highest BCUT2D eigenvalue weighted by Crippen LogP contribution is 2.25. The fourth-order valence-electron chi connectivity index (χ4n) is 2.62.